The molecule has 0 aliphatic carbocycles. The maximum absolute atomic E-state index is 13.3. The molecule has 1 aromatic carbocycles. The number of rotatable bonds is 6. The lowest BCUT2D eigenvalue weighted by atomic mass is 9.97. The van der Waals surface area contributed by atoms with E-state index in [4.69, 9.17) is 5.11 Å². The molecule has 1 fully saturated rings. The van der Waals surface area contributed by atoms with Crippen molar-refractivity contribution in [1.82, 2.24) is 15.2 Å². The Morgan fingerprint density at radius 2 is 2.23 bits per heavy atom. The first kappa shape index (κ1) is 18.5. The number of nitrogens with zero attached hydrogens (tertiary/aromatic N) is 1. The molecule has 0 spiro atoms. The fraction of sp³-hybridized carbons (Fsp3) is 0.474. The molecule has 3 N–H and O–H groups in total. The molecule has 2 aromatic rings. The average Bonchev–Trinajstić information content (AvgIpc) is 2.63. The third-order valence-electron chi connectivity index (χ3n) is 4.75. The molecular weight excluding hydrogens is 337 g/mol. The van der Waals surface area contributed by atoms with Crippen molar-refractivity contribution < 1.29 is 14.3 Å². The minimum absolute atomic E-state index is 0.0191. The number of hydrogen-bond donors (Lipinski definition) is 3. The van der Waals surface area contributed by atoms with E-state index in [0.29, 0.717) is 37.0 Å². The molecule has 1 aromatic heterocycles. The summed E-state index contributed by atoms with van der Waals surface area (Å²) in [5.74, 6) is -0.490. The number of piperidine rings is 1. The minimum atomic E-state index is -0.429. The first-order valence-corrected chi connectivity index (χ1v) is 8.99. The lowest BCUT2D eigenvalue weighted by molar-refractivity contribution is -0.126. The van der Waals surface area contributed by atoms with Gasteiger partial charge in [-0.15, -0.1) is 0 Å². The second kappa shape index (κ2) is 8.42. The molecule has 1 atom stereocenters. The summed E-state index contributed by atoms with van der Waals surface area (Å²) < 4.78 is 13.3. The number of amides is 1. The summed E-state index contributed by atoms with van der Waals surface area (Å²) in [5, 5.41) is 12.0. The van der Waals surface area contributed by atoms with Crippen molar-refractivity contribution in [1.29, 1.82) is 0 Å². The molecule has 6 nitrogen and oxygen atoms in total. The van der Waals surface area contributed by atoms with Crippen LogP contribution in [0.2, 0.25) is 0 Å². The van der Waals surface area contributed by atoms with Crippen LogP contribution < -0.4 is 10.7 Å². The smallest absolute Gasteiger partial charge is 0.224 e. The van der Waals surface area contributed by atoms with E-state index in [-0.39, 0.29) is 23.9 Å². The van der Waals surface area contributed by atoms with E-state index in [2.05, 4.69) is 15.2 Å². The second-order valence-electron chi connectivity index (χ2n) is 6.79. The molecule has 1 amide bonds. The Labute approximate surface area is 151 Å². The summed E-state index contributed by atoms with van der Waals surface area (Å²) in [4.78, 5) is 29.8. The van der Waals surface area contributed by atoms with Gasteiger partial charge < -0.3 is 15.4 Å². The summed E-state index contributed by atoms with van der Waals surface area (Å²) in [5.41, 5.74) is 1.17. The van der Waals surface area contributed by atoms with Crippen LogP contribution in [0.5, 0.6) is 0 Å². The molecular formula is C19H24FN3O3. The number of pyridine rings is 1. The van der Waals surface area contributed by atoms with E-state index in [1.807, 2.05) is 0 Å². The summed E-state index contributed by atoms with van der Waals surface area (Å²) in [6, 6.07) is 5.65. The molecule has 1 saturated heterocycles. The van der Waals surface area contributed by atoms with Crippen LogP contribution >= 0.6 is 0 Å². The Balaban J connectivity index is 1.67. The monoisotopic (exact) mass is 361 g/mol. The number of nitrogens with one attached hydrogen (secondary N) is 2. The minimum Gasteiger partial charge on any atom is -0.396 e. The van der Waals surface area contributed by atoms with Crippen molar-refractivity contribution in [3.05, 3.63) is 46.0 Å². The number of aromatic amines is 1. The molecule has 7 heteroatoms. The van der Waals surface area contributed by atoms with Gasteiger partial charge in [0.15, 0.2) is 5.43 Å². The average molecular weight is 361 g/mol. The number of benzene rings is 1. The van der Waals surface area contributed by atoms with Gasteiger partial charge in [0.05, 0.1) is 5.92 Å². The largest absolute Gasteiger partial charge is 0.396 e. The predicted octanol–water partition coefficient (Wildman–Crippen LogP) is 1.38. The highest BCUT2D eigenvalue weighted by Crippen LogP contribution is 2.19. The molecule has 0 radical (unpaired) electrons. The summed E-state index contributed by atoms with van der Waals surface area (Å²) in [6.45, 7) is 2.60. The van der Waals surface area contributed by atoms with Gasteiger partial charge >= 0.3 is 0 Å². The van der Waals surface area contributed by atoms with Crippen molar-refractivity contribution in [2.24, 2.45) is 5.92 Å². The zero-order valence-corrected chi connectivity index (χ0v) is 14.6. The predicted molar refractivity (Wildman–Crippen MR) is 97.2 cm³/mol. The number of carbonyl (C=O) groups is 1. The van der Waals surface area contributed by atoms with Crippen LogP contribution in [0.4, 0.5) is 4.39 Å². The Bertz CT molecular complexity index is 836. The number of halogens is 1. The van der Waals surface area contributed by atoms with Gasteiger partial charge in [0.1, 0.15) is 5.82 Å². The highest BCUT2D eigenvalue weighted by molar-refractivity contribution is 5.79. The van der Waals surface area contributed by atoms with E-state index in [9.17, 15) is 14.0 Å². The zero-order chi connectivity index (χ0) is 18.5. The molecule has 26 heavy (non-hydrogen) atoms. The third-order valence-corrected chi connectivity index (χ3v) is 4.75. The normalized spacial score (nSPS) is 18.2. The van der Waals surface area contributed by atoms with Crippen LogP contribution in [0.1, 0.15) is 25.0 Å². The molecule has 140 valence electrons. The molecule has 1 aliphatic heterocycles. The van der Waals surface area contributed by atoms with Crippen LogP contribution in [0.15, 0.2) is 29.1 Å². The number of hydrogen-bond acceptors (Lipinski definition) is 4. The summed E-state index contributed by atoms with van der Waals surface area (Å²) in [7, 11) is 0. The first-order chi connectivity index (χ1) is 12.6. The number of aliphatic hydroxyl groups is 1. The van der Waals surface area contributed by atoms with Crippen LogP contribution in [0, 0.1) is 11.7 Å². The quantitative estimate of drug-likeness (QED) is 0.679. The Hall–Kier alpha value is -2.25. The van der Waals surface area contributed by atoms with E-state index < -0.39 is 5.82 Å². The van der Waals surface area contributed by atoms with Crippen molar-refractivity contribution in [2.45, 2.75) is 25.8 Å². The van der Waals surface area contributed by atoms with Crippen LogP contribution in [-0.2, 0) is 11.3 Å². The molecule has 0 unspecified atom stereocenters. The Morgan fingerprint density at radius 1 is 1.38 bits per heavy atom. The maximum Gasteiger partial charge on any atom is 0.224 e. The fourth-order valence-electron chi connectivity index (χ4n) is 3.45. The molecule has 2 heterocycles. The lowest BCUT2D eigenvalue weighted by Gasteiger charge is -2.31. The fourth-order valence-corrected chi connectivity index (χ4v) is 3.45. The van der Waals surface area contributed by atoms with E-state index in [0.717, 1.165) is 25.1 Å². The number of likely N-dealkylation sites (tertiary alicyclic amines) is 1. The highest BCUT2D eigenvalue weighted by atomic mass is 19.1. The van der Waals surface area contributed by atoms with Crippen molar-refractivity contribution in [2.75, 3.05) is 26.2 Å². The van der Waals surface area contributed by atoms with Gasteiger partial charge in [0.2, 0.25) is 5.91 Å². The number of fused-ring (bicyclic) bond motifs is 1. The van der Waals surface area contributed by atoms with Gasteiger partial charge in [0.25, 0.3) is 0 Å². The first-order valence-electron chi connectivity index (χ1n) is 8.99. The lowest BCUT2D eigenvalue weighted by Crippen LogP contribution is -2.43. The zero-order valence-electron chi connectivity index (χ0n) is 14.6. The second-order valence-corrected chi connectivity index (χ2v) is 6.79. The highest BCUT2D eigenvalue weighted by Gasteiger charge is 2.25. The Morgan fingerprint density at radius 3 is 3.04 bits per heavy atom. The molecule has 3 rings (SSSR count). The number of aromatic nitrogens is 1. The maximum atomic E-state index is 13.3. The van der Waals surface area contributed by atoms with Crippen LogP contribution in [0.3, 0.4) is 0 Å². The standard InChI is InChI=1S/C19H24FN3O3/c20-14-4-5-17-16(9-14)18(25)10-15(22-17)12-23-7-1-3-13(11-23)19(26)21-6-2-8-24/h4-5,9-10,13,24H,1-3,6-8,11-12H2,(H,21,26)(H,22,25)/t13-/m0/s1. The van der Waals surface area contributed by atoms with Crippen LogP contribution in [0.25, 0.3) is 10.9 Å². The summed E-state index contributed by atoms with van der Waals surface area (Å²) >= 11 is 0. The van der Waals surface area contributed by atoms with Gasteiger partial charge in [-0.2, -0.15) is 0 Å². The van der Waals surface area contributed by atoms with E-state index in [1.165, 1.54) is 18.2 Å². The van der Waals surface area contributed by atoms with Crippen molar-refractivity contribution >= 4 is 16.8 Å². The number of aliphatic hydroxyl groups excluding tert-OH is 1. The van der Waals surface area contributed by atoms with Gasteiger partial charge in [-0.3, -0.25) is 14.5 Å². The van der Waals surface area contributed by atoms with Gasteiger partial charge in [-0.1, -0.05) is 0 Å². The van der Waals surface area contributed by atoms with E-state index in [1.54, 1.807) is 6.07 Å². The van der Waals surface area contributed by atoms with Gasteiger partial charge in [0, 0.05) is 48.9 Å². The SMILES string of the molecule is O=C(NCCCO)[C@H]1CCCN(Cc2cc(=O)c3cc(F)ccc3[nH]2)C1. The van der Waals surface area contributed by atoms with Crippen LogP contribution in [-0.4, -0.2) is 47.1 Å². The van der Waals surface area contributed by atoms with E-state index >= 15 is 0 Å². The Kier molecular flexibility index (Phi) is 6.00. The topological polar surface area (TPSA) is 85.4 Å². The summed E-state index contributed by atoms with van der Waals surface area (Å²) in [6.07, 6.45) is 2.32. The number of H-pyrrole nitrogens is 1. The molecule has 0 bridgehead atoms. The third kappa shape index (κ3) is 4.47. The van der Waals surface area contributed by atoms with Gasteiger partial charge in [-0.05, 0) is 44.0 Å². The van der Waals surface area contributed by atoms with Crippen molar-refractivity contribution in [3.63, 3.8) is 0 Å². The van der Waals surface area contributed by atoms with Crippen molar-refractivity contribution in [3.8, 4) is 0 Å². The number of carbonyl (C=O) groups excluding carboxylic acids is 1. The molecule has 0 saturated carbocycles. The molecule has 1 aliphatic rings. The van der Waals surface area contributed by atoms with Gasteiger partial charge in [-0.25, -0.2) is 4.39 Å².